The summed E-state index contributed by atoms with van der Waals surface area (Å²) >= 11 is 0. The monoisotopic (exact) mass is 397 g/mol. The molecule has 2 rings (SSSR count). The molecule has 0 bridgehead atoms. The lowest BCUT2D eigenvalue weighted by Gasteiger charge is -2.34. The van der Waals surface area contributed by atoms with Crippen molar-refractivity contribution in [2.24, 2.45) is 0 Å². The molecule has 8 heteroatoms. The van der Waals surface area contributed by atoms with Crippen molar-refractivity contribution in [1.29, 1.82) is 0 Å². The van der Waals surface area contributed by atoms with E-state index in [1.54, 1.807) is 24.3 Å². The number of carbonyl (C=O) groups is 1. The van der Waals surface area contributed by atoms with E-state index >= 15 is 0 Å². The summed E-state index contributed by atoms with van der Waals surface area (Å²) in [5.41, 5.74) is 0.464. The number of anilines is 1. The molecule has 1 heterocycles. The number of hydrogen-bond donors (Lipinski definition) is 1. The summed E-state index contributed by atoms with van der Waals surface area (Å²) < 4.78 is 31.6. The van der Waals surface area contributed by atoms with Gasteiger partial charge in [0.05, 0.1) is 18.6 Å². The summed E-state index contributed by atoms with van der Waals surface area (Å²) in [6.07, 6.45) is 3.27. The zero-order chi connectivity index (χ0) is 20.0. The average molecular weight is 398 g/mol. The van der Waals surface area contributed by atoms with Gasteiger partial charge in [-0.25, -0.2) is 8.42 Å². The van der Waals surface area contributed by atoms with E-state index in [1.807, 2.05) is 13.8 Å². The second-order valence-electron chi connectivity index (χ2n) is 7.00. The number of likely N-dealkylation sites (tertiary alicyclic amines) is 1. The van der Waals surface area contributed by atoms with Gasteiger partial charge in [-0.2, -0.15) is 0 Å². The van der Waals surface area contributed by atoms with Gasteiger partial charge in [-0.1, -0.05) is 6.92 Å². The van der Waals surface area contributed by atoms with Crippen molar-refractivity contribution in [2.45, 2.75) is 45.2 Å². The number of benzene rings is 1. The fourth-order valence-electron chi connectivity index (χ4n) is 3.37. The second kappa shape index (κ2) is 9.41. The molecule has 1 unspecified atom stereocenters. The molecule has 27 heavy (non-hydrogen) atoms. The van der Waals surface area contributed by atoms with E-state index in [1.165, 1.54) is 4.31 Å². The predicted octanol–water partition coefficient (Wildman–Crippen LogP) is 1.84. The van der Waals surface area contributed by atoms with E-state index < -0.39 is 16.1 Å². The minimum absolute atomic E-state index is 0.0875. The minimum Gasteiger partial charge on any atom is -0.494 e. The third-order valence-electron chi connectivity index (χ3n) is 4.80. The lowest BCUT2D eigenvalue weighted by molar-refractivity contribution is -0.123. The Hall–Kier alpha value is -1.80. The Morgan fingerprint density at radius 1 is 1.26 bits per heavy atom. The highest BCUT2D eigenvalue weighted by molar-refractivity contribution is 7.92. The molecule has 0 radical (unpaired) electrons. The highest BCUT2D eigenvalue weighted by Crippen LogP contribution is 2.25. The van der Waals surface area contributed by atoms with Gasteiger partial charge < -0.3 is 15.0 Å². The first-order valence-corrected chi connectivity index (χ1v) is 11.3. The topological polar surface area (TPSA) is 79.0 Å². The Balaban J connectivity index is 2.20. The van der Waals surface area contributed by atoms with Crippen molar-refractivity contribution in [1.82, 2.24) is 10.2 Å². The van der Waals surface area contributed by atoms with E-state index in [2.05, 4.69) is 17.3 Å². The van der Waals surface area contributed by atoms with Crippen LogP contribution in [0.2, 0.25) is 0 Å². The van der Waals surface area contributed by atoms with E-state index in [4.69, 9.17) is 4.74 Å². The van der Waals surface area contributed by atoms with E-state index in [9.17, 15) is 13.2 Å². The number of amides is 1. The molecule has 1 fully saturated rings. The number of sulfonamides is 1. The van der Waals surface area contributed by atoms with Crippen LogP contribution in [0.4, 0.5) is 5.69 Å². The third-order valence-corrected chi connectivity index (χ3v) is 5.98. The number of hydrogen-bond acceptors (Lipinski definition) is 5. The average Bonchev–Trinajstić information content (AvgIpc) is 2.61. The molecule has 0 aliphatic carbocycles. The first-order valence-electron chi connectivity index (χ1n) is 9.47. The fraction of sp³-hybridized carbons (Fsp3) is 0.632. The molecule has 1 amide bonds. The fourth-order valence-corrected chi connectivity index (χ4v) is 4.58. The van der Waals surface area contributed by atoms with Crippen LogP contribution in [-0.4, -0.2) is 64.3 Å². The van der Waals surface area contributed by atoms with Gasteiger partial charge in [-0.15, -0.1) is 0 Å². The van der Waals surface area contributed by atoms with E-state index in [0.717, 1.165) is 32.2 Å². The van der Waals surface area contributed by atoms with Crippen LogP contribution in [0.25, 0.3) is 0 Å². The summed E-state index contributed by atoms with van der Waals surface area (Å²) in [4.78, 5) is 15.1. The maximum Gasteiger partial charge on any atom is 0.244 e. The number of ether oxygens (including phenoxy) is 1. The Morgan fingerprint density at radius 2 is 1.85 bits per heavy atom. The lowest BCUT2D eigenvalue weighted by Crippen LogP contribution is -2.53. The third kappa shape index (κ3) is 5.84. The quantitative estimate of drug-likeness (QED) is 0.724. The van der Waals surface area contributed by atoms with E-state index in [-0.39, 0.29) is 11.9 Å². The van der Waals surface area contributed by atoms with Crippen LogP contribution in [0.1, 0.15) is 33.1 Å². The number of carbonyl (C=O) groups excluding carboxylic acids is 1. The Kier molecular flexibility index (Phi) is 7.49. The van der Waals surface area contributed by atoms with Crippen molar-refractivity contribution in [3.63, 3.8) is 0 Å². The lowest BCUT2D eigenvalue weighted by atomic mass is 10.0. The molecule has 1 aromatic rings. The summed E-state index contributed by atoms with van der Waals surface area (Å²) in [7, 11) is -1.57. The summed E-state index contributed by atoms with van der Waals surface area (Å²) in [5.74, 6) is 0.421. The van der Waals surface area contributed by atoms with Crippen LogP contribution in [0.5, 0.6) is 5.75 Å². The molecule has 1 aromatic carbocycles. The summed E-state index contributed by atoms with van der Waals surface area (Å²) in [6, 6.07) is 6.11. The zero-order valence-corrected chi connectivity index (χ0v) is 17.5. The molecular weight excluding hydrogens is 366 g/mol. The maximum absolute atomic E-state index is 12.9. The first kappa shape index (κ1) is 21.5. The molecule has 152 valence electrons. The first-order chi connectivity index (χ1) is 12.8. The molecule has 7 nitrogen and oxygen atoms in total. The molecule has 1 aliphatic rings. The smallest absolute Gasteiger partial charge is 0.244 e. The van der Waals surface area contributed by atoms with Crippen molar-refractivity contribution in [3.8, 4) is 5.75 Å². The second-order valence-corrected chi connectivity index (χ2v) is 8.86. The molecule has 0 spiro atoms. The molecule has 1 aliphatic heterocycles. The minimum atomic E-state index is -3.63. The zero-order valence-electron chi connectivity index (χ0n) is 16.6. The largest absolute Gasteiger partial charge is 0.494 e. The number of nitrogens with one attached hydrogen (secondary N) is 1. The highest BCUT2D eigenvalue weighted by Gasteiger charge is 2.32. The van der Waals surface area contributed by atoms with Gasteiger partial charge in [0.2, 0.25) is 15.9 Å². The van der Waals surface area contributed by atoms with E-state index in [0.29, 0.717) is 24.5 Å². The molecule has 1 saturated heterocycles. The van der Waals surface area contributed by atoms with Crippen molar-refractivity contribution >= 4 is 21.6 Å². The Bertz CT molecular complexity index is 713. The van der Waals surface area contributed by atoms with Crippen molar-refractivity contribution in [3.05, 3.63) is 24.3 Å². The standard InChI is InChI=1S/C19H31N3O4S/c1-5-18(19(23)20-15-11-13-21(3)14-12-15)22(27(4,24)25)16-7-9-17(10-8-16)26-6-2/h7-10,15,18H,5-6,11-14H2,1-4H3,(H,20,23). The van der Waals surface area contributed by atoms with Crippen LogP contribution in [0.3, 0.4) is 0 Å². The van der Waals surface area contributed by atoms with Gasteiger partial charge in [0.1, 0.15) is 11.8 Å². The van der Waals surface area contributed by atoms with Crippen LogP contribution < -0.4 is 14.4 Å². The maximum atomic E-state index is 12.9. The van der Waals surface area contributed by atoms with Gasteiger partial charge in [-0.3, -0.25) is 9.10 Å². The normalized spacial score (nSPS) is 17.3. The van der Waals surface area contributed by atoms with Gasteiger partial charge in [0.25, 0.3) is 0 Å². The predicted molar refractivity (Wildman–Crippen MR) is 108 cm³/mol. The van der Waals surface area contributed by atoms with Gasteiger partial charge in [0, 0.05) is 6.04 Å². The highest BCUT2D eigenvalue weighted by atomic mass is 32.2. The van der Waals surface area contributed by atoms with Crippen molar-refractivity contribution < 1.29 is 17.9 Å². The molecule has 0 aromatic heterocycles. The van der Waals surface area contributed by atoms with Crippen LogP contribution in [-0.2, 0) is 14.8 Å². The Morgan fingerprint density at radius 3 is 2.33 bits per heavy atom. The number of rotatable bonds is 8. The Labute approximate surface area is 162 Å². The van der Waals surface area contributed by atoms with Gasteiger partial charge >= 0.3 is 0 Å². The molecule has 1 N–H and O–H groups in total. The van der Waals surface area contributed by atoms with Crippen molar-refractivity contribution in [2.75, 3.05) is 37.3 Å². The molecule has 0 saturated carbocycles. The van der Waals surface area contributed by atoms with Gasteiger partial charge in [0.15, 0.2) is 0 Å². The molecular formula is C19H31N3O4S. The van der Waals surface area contributed by atoms with Crippen LogP contribution >= 0.6 is 0 Å². The van der Waals surface area contributed by atoms with Crippen LogP contribution in [0.15, 0.2) is 24.3 Å². The SMILES string of the molecule is CCOc1ccc(N(C(CC)C(=O)NC2CCN(C)CC2)S(C)(=O)=O)cc1. The van der Waals surface area contributed by atoms with Crippen LogP contribution in [0, 0.1) is 0 Å². The van der Waals surface area contributed by atoms with Gasteiger partial charge in [-0.05, 0) is 70.6 Å². The summed E-state index contributed by atoms with van der Waals surface area (Å²) in [6.45, 7) is 6.10. The molecule has 1 atom stereocenters. The number of nitrogens with zero attached hydrogens (tertiary/aromatic N) is 2. The number of piperidine rings is 1. The summed E-state index contributed by atoms with van der Waals surface area (Å²) in [5, 5.41) is 3.05.